The topological polar surface area (TPSA) is 38.1 Å². The maximum Gasteiger partial charge on any atom is 0.299 e. The third-order valence-corrected chi connectivity index (χ3v) is 2.90. The molecule has 3 aromatic rings. The van der Waals surface area contributed by atoms with E-state index in [1.165, 1.54) is 12.1 Å². The third-order valence-electron chi connectivity index (χ3n) is 2.90. The molecular weight excluding hydrogens is 255 g/mol. The van der Waals surface area contributed by atoms with Crippen LogP contribution in [0.3, 0.4) is 0 Å². The summed E-state index contributed by atoms with van der Waals surface area (Å²) in [5.41, 5.74) is 2.86. The number of nitrogens with zero attached hydrogens (tertiary/aromatic N) is 1. The molecule has 0 saturated heterocycles. The largest absolute Gasteiger partial charge is 0.423 e. The highest BCUT2D eigenvalue weighted by atomic mass is 19.1. The number of hydrogen-bond acceptors (Lipinski definition) is 3. The normalized spacial score (nSPS) is 10.5. The van der Waals surface area contributed by atoms with Crippen molar-refractivity contribution in [2.75, 3.05) is 5.32 Å². The van der Waals surface area contributed by atoms with Gasteiger partial charge in [-0.05, 0) is 37.3 Å². The lowest BCUT2D eigenvalue weighted by Crippen LogP contribution is -1.89. The molecule has 0 bridgehead atoms. The Morgan fingerprint density at radius 3 is 2.65 bits per heavy atom. The van der Waals surface area contributed by atoms with Crippen molar-refractivity contribution in [3.63, 3.8) is 0 Å². The monoisotopic (exact) mass is 268 g/mol. The van der Waals surface area contributed by atoms with Crippen molar-refractivity contribution in [1.82, 2.24) is 4.98 Å². The molecule has 0 radical (unpaired) electrons. The molecule has 0 saturated carbocycles. The van der Waals surface area contributed by atoms with Crippen molar-refractivity contribution in [2.45, 2.75) is 6.92 Å². The molecule has 0 aliphatic rings. The maximum absolute atomic E-state index is 12.8. The van der Waals surface area contributed by atoms with Crippen molar-refractivity contribution in [1.29, 1.82) is 0 Å². The van der Waals surface area contributed by atoms with E-state index < -0.39 is 0 Å². The third kappa shape index (κ3) is 2.69. The second-order valence-electron chi connectivity index (χ2n) is 4.53. The van der Waals surface area contributed by atoms with Gasteiger partial charge in [0.2, 0.25) is 0 Å². The molecule has 1 N–H and O–H groups in total. The zero-order valence-electron chi connectivity index (χ0n) is 10.9. The first-order valence-electron chi connectivity index (χ1n) is 6.26. The lowest BCUT2D eigenvalue weighted by Gasteiger charge is -2.01. The van der Waals surface area contributed by atoms with E-state index in [1.54, 1.807) is 18.3 Å². The van der Waals surface area contributed by atoms with Gasteiger partial charge in [-0.25, -0.2) is 9.37 Å². The molecule has 0 amide bonds. The average Bonchev–Trinajstić information content (AvgIpc) is 2.90. The molecule has 0 aliphatic heterocycles. The van der Waals surface area contributed by atoms with E-state index in [0.29, 0.717) is 11.8 Å². The molecular formula is C16H13FN2O. The molecule has 3 nitrogen and oxygen atoms in total. The standard InChI is InChI=1S/C16H13FN2O/c1-11-3-2-4-12(9-11)15-10-18-16(20-15)19-14-7-5-13(17)6-8-14/h2-10H,1H3,(H,18,19). The van der Waals surface area contributed by atoms with Crippen LogP contribution in [0.1, 0.15) is 5.56 Å². The summed E-state index contributed by atoms with van der Waals surface area (Å²) in [6.45, 7) is 2.03. The quantitative estimate of drug-likeness (QED) is 0.758. The number of aryl methyl sites for hydroxylation is 1. The summed E-state index contributed by atoms with van der Waals surface area (Å²) < 4.78 is 18.5. The Kier molecular flexibility index (Phi) is 3.21. The Morgan fingerprint density at radius 2 is 1.90 bits per heavy atom. The van der Waals surface area contributed by atoms with Gasteiger partial charge in [-0.3, -0.25) is 0 Å². The molecule has 1 heterocycles. The van der Waals surface area contributed by atoms with E-state index in [2.05, 4.69) is 10.3 Å². The van der Waals surface area contributed by atoms with E-state index >= 15 is 0 Å². The highest BCUT2D eigenvalue weighted by molar-refractivity contribution is 5.60. The van der Waals surface area contributed by atoms with E-state index in [1.807, 2.05) is 31.2 Å². The summed E-state index contributed by atoms with van der Waals surface area (Å²) in [7, 11) is 0. The number of aromatic nitrogens is 1. The van der Waals surface area contributed by atoms with Crippen LogP contribution in [0.2, 0.25) is 0 Å². The number of halogens is 1. The van der Waals surface area contributed by atoms with Gasteiger partial charge in [0, 0.05) is 11.3 Å². The Labute approximate surface area is 116 Å². The van der Waals surface area contributed by atoms with Gasteiger partial charge in [0.15, 0.2) is 5.76 Å². The molecule has 3 rings (SSSR count). The first-order chi connectivity index (χ1) is 9.70. The van der Waals surface area contributed by atoms with Gasteiger partial charge in [0.1, 0.15) is 5.82 Å². The lowest BCUT2D eigenvalue weighted by molar-refractivity contribution is 0.592. The molecule has 0 spiro atoms. The summed E-state index contributed by atoms with van der Waals surface area (Å²) in [6, 6.07) is 14.4. The molecule has 0 unspecified atom stereocenters. The van der Waals surface area contributed by atoms with Crippen LogP contribution < -0.4 is 5.32 Å². The molecule has 0 aliphatic carbocycles. The molecule has 0 fully saturated rings. The predicted octanol–water partition coefficient (Wildman–Crippen LogP) is 4.53. The zero-order chi connectivity index (χ0) is 13.9. The van der Waals surface area contributed by atoms with Gasteiger partial charge in [-0.1, -0.05) is 23.8 Å². The van der Waals surface area contributed by atoms with Crippen molar-refractivity contribution in [2.24, 2.45) is 0 Å². The van der Waals surface area contributed by atoms with Gasteiger partial charge in [-0.15, -0.1) is 0 Å². The summed E-state index contributed by atoms with van der Waals surface area (Å²) in [6.07, 6.45) is 1.67. The summed E-state index contributed by atoms with van der Waals surface area (Å²) in [5, 5.41) is 2.99. The Balaban J connectivity index is 1.82. The predicted molar refractivity (Wildman–Crippen MR) is 76.4 cm³/mol. The van der Waals surface area contributed by atoms with E-state index in [4.69, 9.17) is 4.42 Å². The number of nitrogens with one attached hydrogen (secondary N) is 1. The van der Waals surface area contributed by atoms with Crippen molar-refractivity contribution in [3.8, 4) is 11.3 Å². The average molecular weight is 268 g/mol. The van der Waals surface area contributed by atoms with Gasteiger partial charge in [0.05, 0.1) is 6.20 Å². The van der Waals surface area contributed by atoms with Crippen molar-refractivity contribution >= 4 is 11.7 Å². The van der Waals surface area contributed by atoms with Crippen LogP contribution >= 0.6 is 0 Å². The lowest BCUT2D eigenvalue weighted by atomic mass is 10.1. The highest BCUT2D eigenvalue weighted by Crippen LogP contribution is 2.25. The second-order valence-corrected chi connectivity index (χ2v) is 4.53. The summed E-state index contributed by atoms with van der Waals surface area (Å²) in [5.74, 6) is 0.418. The first kappa shape index (κ1) is 12.4. The van der Waals surface area contributed by atoms with Crippen LogP contribution in [0.4, 0.5) is 16.1 Å². The van der Waals surface area contributed by atoms with Gasteiger partial charge in [-0.2, -0.15) is 0 Å². The zero-order valence-corrected chi connectivity index (χ0v) is 10.9. The first-order valence-corrected chi connectivity index (χ1v) is 6.26. The minimum atomic E-state index is -0.275. The van der Waals surface area contributed by atoms with Crippen LogP contribution in [0.25, 0.3) is 11.3 Å². The molecule has 2 aromatic carbocycles. The minimum absolute atomic E-state index is 0.275. The smallest absolute Gasteiger partial charge is 0.299 e. The van der Waals surface area contributed by atoms with E-state index in [-0.39, 0.29) is 5.82 Å². The van der Waals surface area contributed by atoms with E-state index in [9.17, 15) is 4.39 Å². The number of benzene rings is 2. The SMILES string of the molecule is Cc1cccc(-c2cnc(Nc3ccc(F)cc3)o2)c1. The molecule has 0 atom stereocenters. The van der Waals surface area contributed by atoms with Gasteiger partial charge < -0.3 is 9.73 Å². The number of oxazole rings is 1. The van der Waals surface area contributed by atoms with Gasteiger partial charge in [0.25, 0.3) is 6.01 Å². The van der Waals surface area contributed by atoms with Crippen molar-refractivity contribution in [3.05, 3.63) is 66.1 Å². The van der Waals surface area contributed by atoms with Crippen LogP contribution in [0.5, 0.6) is 0 Å². The fourth-order valence-electron chi connectivity index (χ4n) is 1.92. The number of rotatable bonds is 3. The molecule has 1 aromatic heterocycles. The Morgan fingerprint density at radius 1 is 1.10 bits per heavy atom. The maximum atomic E-state index is 12.8. The Hall–Kier alpha value is -2.62. The van der Waals surface area contributed by atoms with Crippen molar-refractivity contribution < 1.29 is 8.81 Å². The molecule has 20 heavy (non-hydrogen) atoms. The summed E-state index contributed by atoms with van der Waals surface area (Å²) in [4.78, 5) is 4.17. The van der Waals surface area contributed by atoms with Crippen LogP contribution in [0.15, 0.2) is 59.1 Å². The highest BCUT2D eigenvalue weighted by Gasteiger charge is 2.06. The van der Waals surface area contributed by atoms with Crippen LogP contribution in [0, 0.1) is 12.7 Å². The summed E-state index contributed by atoms with van der Waals surface area (Å²) >= 11 is 0. The molecule has 100 valence electrons. The Bertz CT molecular complexity index is 719. The van der Waals surface area contributed by atoms with Crippen LogP contribution in [-0.2, 0) is 0 Å². The van der Waals surface area contributed by atoms with Gasteiger partial charge >= 0.3 is 0 Å². The minimum Gasteiger partial charge on any atom is -0.423 e. The van der Waals surface area contributed by atoms with E-state index in [0.717, 1.165) is 16.8 Å². The second kappa shape index (κ2) is 5.17. The fraction of sp³-hybridized carbons (Fsp3) is 0.0625. The molecule has 4 heteroatoms. The van der Waals surface area contributed by atoms with Crippen LogP contribution in [-0.4, -0.2) is 4.98 Å². The number of hydrogen-bond donors (Lipinski definition) is 1. The number of anilines is 2. The fourth-order valence-corrected chi connectivity index (χ4v) is 1.92.